The molecular weight excluding hydrogens is 352 g/mol. The number of rotatable bonds is 5. The third-order valence-electron chi connectivity index (χ3n) is 4.66. The molecule has 1 aliphatic heterocycles. The molecule has 0 spiro atoms. The van der Waals surface area contributed by atoms with Crippen LogP contribution in [0.5, 0.6) is 11.5 Å². The molecule has 1 fully saturated rings. The van der Waals surface area contributed by atoms with Crippen molar-refractivity contribution in [3.05, 3.63) is 72.7 Å². The number of piperidine rings is 1. The van der Waals surface area contributed by atoms with Gasteiger partial charge in [-0.25, -0.2) is 9.97 Å². The van der Waals surface area contributed by atoms with Crippen molar-refractivity contribution >= 4 is 17.4 Å². The van der Waals surface area contributed by atoms with Crippen LogP contribution in [0, 0.1) is 0 Å². The largest absolute Gasteiger partial charge is 0.457 e. The highest BCUT2D eigenvalue weighted by Crippen LogP contribution is 2.23. The van der Waals surface area contributed by atoms with Gasteiger partial charge in [-0.2, -0.15) is 0 Å². The summed E-state index contributed by atoms with van der Waals surface area (Å²) in [5, 5.41) is 2.88. The van der Waals surface area contributed by atoms with E-state index in [1.807, 2.05) is 54.6 Å². The van der Waals surface area contributed by atoms with Gasteiger partial charge in [0.25, 0.3) is 5.91 Å². The molecule has 0 unspecified atom stereocenters. The van der Waals surface area contributed by atoms with Crippen LogP contribution in [-0.2, 0) is 0 Å². The van der Waals surface area contributed by atoms with E-state index in [-0.39, 0.29) is 5.91 Å². The minimum Gasteiger partial charge on any atom is -0.457 e. The van der Waals surface area contributed by atoms with Crippen LogP contribution >= 0.6 is 0 Å². The van der Waals surface area contributed by atoms with Crippen LogP contribution < -0.4 is 15.0 Å². The molecule has 1 saturated heterocycles. The van der Waals surface area contributed by atoms with Crippen molar-refractivity contribution in [1.82, 2.24) is 9.97 Å². The fourth-order valence-electron chi connectivity index (χ4n) is 3.19. The highest BCUT2D eigenvalue weighted by molar-refractivity contribution is 6.03. The second kappa shape index (κ2) is 8.52. The quantitative estimate of drug-likeness (QED) is 0.712. The summed E-state index contributed by atoms with van der Waals surface area (Å²) in [7, 11) is 0. The van der Waals surface area contributed by atoms with E-state index in [1.54, 1.807) is 6.07 Å². The number of hydrogen-bond acceptors (Lipinski definition) is 5. The summed E-state index contributed by atoms with van der Waals surface area (Å²) in [6, 6.07) is 18.6. The Labute approximate surface area is 164 Å². The number of carbonyl (C=O) groups is 1. The van der Waals surface area contributed by atoms with Crippen LogP contribution in [0.15, 0.2) is 67.0 Å². The van der Waals surface area contributed by atoms with Crippen LogP contribution in [0.3, 0.4) is 0 Å². The summed E-state index contributed by atoms with van der Waals surface area (Å²) in [6.45, 7) is 1.95. The highest BCUT2D eigenvalue weighted by Gasteiger charge is 2.15. The molecule has 2 heterocycles. The van der Waals surface area contributed by atoms with Gasteiger partial charge in [0.2, 0.25) is 0 Å². The van der Waals surface area contributed by atoms with Gasteiger partial charge >= 0.3 is 0 Å². The molecule has 28 heavy (non-hydrogen) atoms. The van der Waals surface area contributed by atoms with E-state index in [1.165, 1.54) is 12.7 Å². The molecule has 1 aromatic heterocycles. The summed E-state index contributed by atoms with van der Waals surface area (Å²) in [5.41, 5.74) is 1.05. The van der Waals surface area contributed by atoms with Gasteiger partial charge in [0.15, 0.2) is 0 Å². The molecule has 4 rings (SSSR count). The Bertz CT molecular complexity index is 923. The van der Waals surface area contributed by atoms with Gasteiger partial charge in [-0.05, 0) is 55.7 Å². The van der Waals surface area contributed by atoms with E-state index in [0.29, 0.717) is 17.1 Å². The van der Waals surface area contributed by atoms with Crippen LogP contribution in [-0.4, -0.2) is 29.0 Å². The van der Waals surface area contributed by atoms with Crippen molar-refractivity contribution in [3.63, 3.8) is 0 Å². The number of nitrogens with one attached hydrogen (secondary N) is 1. The molecule has 0 saturated carbocycles. The molecule has 142 valence electrons. The van der Waals surface area contributed by atoms with Crippen molar-refractivity contribution < 1.29 is 9.53 Å². The van der Waals surface area contributed by atoms with E-state index >= 15 is 0 Å². The first-order valence-electron chi connectivity index (χ1n) is 9.49. The fraction of sp³-hybridized carbons (Fsp3) is 0.227. The number of carbonyl (C=O) groups excluding carboxylic acids is 1. The minimum absolute atomic E-state index is 0.252. The average Bonchev–Trinajstić information content (AvgIpc) is 2.76. The first kappa shape index (κ1) is 18.0. The number of hydrogen-bond donors (Lipinski definition) is 1. The maximum Gasteiger partial charge on any atom is 0.274 e. The lowest BCUT2D eigenvalue weighted by atomic mass is 10.1. The third-order valence-corrected chi connectivity index (χ3v) is 4.66. The Morgan fingerprint density at radius 2 is 1.61 bits per heavy atom. The lowest BCUT2D eigenvalue weighted by molar-refractivity contribution is 0.102. The lowest BCUT2D eigenvalue weighted by Crippen LogP contribution is -2.30. The number of ether oxygens (including phenoxy) is 1. The van der Waals surface area contributed by atoms with Crippen LogP contribution in [0.25, 0.3) is 0 Å². The number of para-hydroxylation sites is 1. The van der Waals surface area contributed by atoms with E-state index < -0.39 is 0 Å². The SMILES string of the molecule is O=C(Nc1ccc(Oc2ccccc2)cc1)c1cc(N2CCCCC2)ncn1. The number of benzene rings is 2. The summed E-state index contributed by atoms with van der Waals surface area (Å²) in [6.07, 6.45) is 5.01. The van der Waals surface area contributed by atoms with E-state index in [2.05, 4.69) is 20.2 Å². The molecule has 0 radical (unpaired) electrons. The van der Waals surface area contributed by atoms with E-state index in [4.69, 9.17) is 4.74 Å². The maximum absolute atomic E-state index is 12.6. The second-order valence-electron chi connectivity index (χ2n) is 6.70. The van der Waals surface area contributed by atoms with Gasteiger partial charge < -0.3 is 15.0 Å². The predicted octanol–water partition coefficient (Wildman–Crippen LogP) is 4.51. The van der Waals surface area contributed by atoms with E-state index in [9.17, 15) is 4.79 Å². The maximum atomic E-state index is 12.6. The van der Waals surface area contributed by atoms with Gasteiger partial charge in [0.05, 0.1) is 0 Å². The molecule has 0 atom stereocenters. The Morgan fingerprint density at radius 1 is 0.893 bits per heavy atom. The first-order valence-corrected chi connectivity index (χ1v) is 9.49. The van der Waals surface area contributed by atoms with Gasteiger partial charge in [-0.1, -0.05) is 18.2 Å². The van der Waals surface area contributed by atoms with Gasteiger partial charge in [0.1, 0.15) is 29.3 Å². The van der Waals surface area contributed by atoms with Crippen LogP contribution in [0.4, 0.5) is 11.5 Å². The van der Waals surface area contributed by atoms with Crippen LogP contribution in [0.1, 0.15) is 29.8 Å². The number of nitrogens with zero attached hydrogens (tertiary/aromatic N) is 3. The van der Waals surface area contributed by atoms with Crippen molar-refractivity contribution in [3.8, 4) is 11.5 Å². The number of amides is 1. The normalized spacial score (nSPS) is 13.8. The van der Waals surface area contributed by atoms with Crippen LogP contribution in [0.2, 0.25) is 0 Å². The molecule has 0 aliphatic carbocycles. The monoisotopic (exact) mass is 374 g/mol. The molecule has 2 aromatic carbocycles. The molecule has 1 N–H and O–H groups in total. The highest BCUT2D eigenvalue weighted by atomic mass is 16.5. The molecule has 1 aliphatic rings. The Balaban J connectivity index is 1.40. The third kappa shape index (κ3) is 4.46. The second-order valence-corrected chi connectivity index (χ2v) is 6.70. The summed E-state index contributed by atoms with van der Waals surface area (Å²) in [4.78, 5) is 23.2. The molecule has 1 amide bonds. The summed E-state index contributed by atoms with van der Waals surface area (Å²) < 4.78 is 5.77. The molecule has 0 bridgehead atoms. The lowest BCUT2D eigenvalue weighted by Gasteiger charge is -2.27. The standard InChI is InChI=1S/C22H22N4O2/c27-22(20-15-21(24-16-23-20)26-13-5-2-6-14-26)25-17-9-11-19(12-10-17)28-18-7-3-1-4-8-18/h1,3-4,7-12,15-16H,2,5-6,13-14H2,(H,25,27). The minimum atomic E-state index is -0.252. The predicted molar refractivity (Wildman–Crippen MR) is 109 cm³/mol. The zero-order valence-corrected chi connectivity index (χ0v) is 15.5. The molecular formula is C22H22N4O2. The summed E-state index contributed by atoms with van der Waals surface area (Å²) in [5.74, 6) is 2.04. The average molecular weight is 374 g/mol. The van der Waals surface area contributed by atoms with Gasteiger partial charge in [-0.15, -0.1) is 0 Å². The Morgan fingerprint density at radius 3 is 2.36 bits per heavy atom. The Hall–Kier alpha value is -3.41. The molecule has 3 aromatic rings. The molecule has 6 nitrogen and oxygen atoms in total. The number of aromatic nitrogens is 2. The van der Waals surface area contributed by atoms with Gasteiger partial charge in [-0.3, -0.25) is 4.79 Å². The van der Waals surface area contributed by atoms with Gasteiger partial charge in [0, 0.05) is 24.8 Å². The van der Waals surface area contributed by atoms with Crippen molar-refractivity contribution in [2.75, 3.05) is 23.3 Å². The van der Waals surface area contributed by atoms with Crippen molar-refractivity contribution in [2.24, 2.45) is 0 Å². The molecule has 6 heteroatoms. The zero-order valence-electron chi connectivity index (χ0n) is 15.5. The Kier molecular flexibility index (Phi) is 5.47. The topological polar surface area (TPSA) is 67.3 Å². The van der Waals surface area contributed by atoms with Crippen molar-refractivity contribution in [1.29, 1.82) is 0 Å². The number of anilines is 2. The van der Waals surface area contributed by atoms with Crippen molar-refractivity contribution in [2.45, 2.75) is 19.3 Å². The smallest absolute Gasteiger partial charge is 0.274 e. The van der Waals surface area contributed by atoms with E-state index in [0.717, 1.165) is 37.5 Å². The first-order chi connectivity index (χ1) is 13.8. The summed E-state index contributed by atoms with van der Waals surface area (Å²) >= 11 is 0. The zero-order chi connectivity index (χ0) is 19.2. The fourth-order valence-corrected chi connectivity index (χ4v) is 3.19.